The van der Waals surface area contributed by atoms with Crippen molar-refractivity contribution in [2.45, 2.75) is 51.9 Å². The quantitative estimate of drug-likeness (QED) is 0.438. The second-order valence-corrected chi connectivity index (χ2v) is 5.13. The molecule has 1 N–H and O–H groups in total. The van der Waals surface area contributed by atoms with E-state index in [1.54, 1.807) is 6.08 Å². The summed E-state index contributed by atoms with van der Waals surface area (Å²) in [4.78, 5) is 11.5. The third-order valence-electron chi connectivity index (χ3n) is 2.79. The van der Waals surface area contributed by atoms with E-state index in [-0.39, 0.29) is 12.0 Å². The molecule has 0 bridgehead atoms. The van der Waals surface area contributed by atoms with Gasteiger partial charge in [0.25, 0.3) is 0 Å². The van der Waals surface area contributed by atoms with Crippen molar-refractivity contribution < 1.29 is 14.3 Å². The summed E-state index contributed by atoms with van der Waals surface area (Å²) in [6.45, 7) is 6.90. The molecule has 108 valence electrons. The van der Waals surface area contributed by atoms with Crippen LogP contribution in [0.5, 0.6) is 0 Å². The molecule has 0 radical (unpaired) electrons. The molecule has 1 fully saturated rings. The third kappa shape index (κ3) is 7.13. The smallest absolute Gasteiger partial charge is 0.244 e. The highest BCUT2D eigenvalue weighted by molar-refractivity contribution is 5.87. The minimum absolute atomic E-state index is 0.0625. The van der Waals surface area contributed by atoms with Crippen LogP contribution in [-0.4, -0.2) is 30.9 Å². The molecule has 1 aliphatic rings. The Morgan fingerprint density at radius 3 is 2.84 bits per heavy atom. The maximum atomic E-state index is 11.5. The van der Waals surface area contributed by atoms with E-state index >= 15 is 0 Å². The highest BCUT2D eigenvalue weighted by Gasteiger charge is 2.32. The van der Waals surface area contributed by atoms with Gasteiger partial charge in [-0.15, -0.1) is 0 Å². The largest absolute Gasteiger partial charge is 0.350 e. The van der Waals surface area contributed by atoms with Gasteiger partial charge in [0.15, 0.2) is 5.79 Å². The molecule has 1 saturated heterocycles. The summed E-state index contributed by atoms with van der Waals surface area (Å²) in [5.74, 6) is -0.638. The number of amides is 1. The van der Waals surface area contributed by atoms with Crippen LogP contribution in [0.25, 0.3) is 0 Å². The molecule has 1 atom stereocenters. The van der Waals surface area contributed by atoms with E-state index in [2.05, 4.69) is 18.3 Å². The summed E-state index contributed by atoms with van der Waals surface area (Å²) in [6, 6.07) is 0. The minimum atomic E-state index is -0.534. The van der Waals surface area contributed by atoms with Gasteiger partial charge in [0.05, 0.1) is 6.61 Å². The maximum Gasteiger partial charge on any atom is 0.244 e. The van der Waals surface area contributed by atoms with Crippen LogP contribution in [0.15, 0.2) is 24.3 Å². The molecule has 4 nitrogen and oxygen atoms in total. The van der Waals surface area contributed by atoms with Crippen LogP contribution in [0.3, 0.4) is 0 Å². The lowest BCUT2D eigenvalue weighted by molar-refractivity contribution is -0.139. The van der Waals surface area contributed by atoms with E-state index in [0.29, 0.717) is 13.2 Å². The van der Waals surface area contributed by atoms with Crippen molar-refractivity contribution in [2.75, 3.05) is 13.2 Å². The van der Waals surface area contributed by atoms with Crippen molar-refractivity contribution in [3.8, 4) is 0 Å². The second-order valence-electron chi connectivity index (χ2n) is 5.13. The van der Waals surface area contributed by atoms with Crippen LogP contribution in [0.4, 0.5) is 0 Å². The predicted octanol–water partition coefficient (Wildman–Crippen LogP) is 2.56. The molecule has 4 heteroatoms. The summed E-state index contributed by atoms with van der Waals surface area (Å²) in [6.07, 6.45) is 10.7. The van der Waals surface area contributed by atoms with Crippen LogP contribution in [0.2, 0.25) is 0 Å². The molecular weight excluding hydrogens is 242 g/mol. The zero-order valence-electron chi connectivity index (χ0n) is 12.1. The average Bonchev–Trinajstić information content (AvgIpc) is 2.71. The monoisotopic (exact) mass is 267 g/mol. The first kappa shape index (κ1) is 15.9. The number of ether oxygens (including phenoxy) is 2. The van der Waals surface area contributed by atoms with Crippen molar-refractivity contribution in [1.29, 1.82) is 0 Å². The molecule has 0 aromatic heterocycles. The number of unbranched alkanes of at least 4 members (excludes halogenated alkanes) is 2. The van der Waals surface area contributed by atoms with E-state index in [1.165, 1.54) is 18.9 Å². The second kappa shape index (κ2) is 8.12. The summed E-state index contributed by atoms with van der Waals surface area (Å²) >= 11 is 0. The van der Waals surface area contributed by atoms with Gasteiger partial charge in [-0.25, -0.2) is 0 Å². The molecular formula is C15H25NO3. The zero-order chi connectivity index (χ0) is 14.1. The van der Waals surface area contributed by atoms with Gasteiger partial charge in [0.1, 0.15) is 6.10 Å². The number of carbonyl (C=O) groups is 1. The lowest BCUT2D eigenvalue weighted by Gasteiger charge is -2.17. The van der Waals surface area contributed by atoms with Crippen molar-refractivity contribution in [1.82, 2.24) is 5.32 Å². The first-order valence-corrected chi connectivity index (χ1v) is 6.96. The summed E-state index contributed by atoms with van der Waals surface area (Å²) < 4.78 is 11.0. The molecule has 19 heavy (non-hydrogen) atoms. The molecule has 1 rings (SSSR count). The van der Waals surface area contributed by atoms with Gasteiger partial charge in [-0.1, -0.05) is 38.0 Å². The molecule has 0 saturated carbocycles. The van der Waals surface area contributed by atoms with E-state index in [0.717, 1.165) is 6.42 Å². The first-order chi connectivity index (χ1) is 9.03. The lowest BCUT2D eigenvalue weighted by atomic mass is 10.2. The Hall–Kier alpha value is -1.13. The molecule has 0 aromatic carbocycles. The zero-order valence-corrected chi connectivity index (χ0v) is 12.1. The number of rotatable bonds is 7. The van der Waals surface area contributed by atoms with Crippen molar-refractivity contribution in [2.24, 2.45) is 0 Å². The van der Waals surface area contributed by atoms with Gasteiger partial charge in [0.2, 0.25) is 5.91 Å². The summed E-state index contributed by atoms with van der Waals surface area (Å²) in [5, 5.41) is 2.80. The molecule has 1 unspecified atom stereocenters. The van der Waals surface area contributed by atoms with E-state index < -0.39 is 5.79 Å². The molecule has 0 spiro atoms. The number of hydrogen-bond donors (Lipinski definition) is 1. The molecule has 0 aliphatic carbocycles. The first-order valence-electron chi connectivity index (χ1n) is 6.96. The van der Waals surface area contributed by atoms with Crippen LogP contribution in [0.1, 0.15) is 40.0 Å². The number of nitrogens with one attached hydrogen (secondary N) is 1. The SMILES string of the molecule is CCCCC=CC=CC(=O)NCC1COC(C)(C)O1. The van der Waals surface area contributed by atoms with E-state index in [1.807, 2.05) is 19.9 Å². The number of allylic oxidation sites excluding steroid dienone is 3. The van der Waals surface area contributed by atoms with E-state index in [4.69, 9.17) is 9.47 Å². The van der Waals surface area contributed by atoms with Gasteiger partial charge in [-0.05, 0) is 20.3 Å². The highest BCUT2D eigenvalue weighted by atomic mass is 16.7. The van der Waals surface area contributed by atoms with Gasteiger partial charge in [-0.3, -0.25) is 4.79 Å². The Bertz CT molecular complexity index is 334. The number of hydrogen-bond acceptors (Lipinski definition) is 3. The molecule has 1 amide bonds. The van der Waals surface area contributed by atoms with Crippen molar-refractivity contribution in [3.63, 3.8) is 0 Å². The molecule has 1 heterocycles. The van der Waals surface area contributed by atoms with Crippen LogP contribution >= 0.6 is 0 Å². The number of carbonyl (C=O) groups excluding carboxylic acids is 1. The van der Waals surface area contributed by atoms with Gasteiger partial charge in [0, 0.05) is 12.6 Å². The van der Waals surface area contributed by atoms with Crippen LogP contribution in [-0.2, 0) is 14.3 Å². The molecule has 1 aliphatic heterocycles. The van der Waals surface area contributed by atoms with Gasteiger partial charge in [-0.2, -0.15) is 0 Å². The summed E-state index contributed by atoms with van der Waals surface area (Å²) in [5.41, 5.74) is 0. The Labute approximate surface area is 115 Å². The molecule has 0 aromatic rings. The topological polar surface area (TPSA) is 47.6 Å². The predicted molar refractivity (Wildman–Crippen MR) is 75.7 cm³/mol. The fourth-order valence-corrected chi connectivity index (χ4v) is 1.78. The van der Waals surface area contributed by atoms with Crippen LogP contribution in [0, 0.1) is 0 Å². The van der Waals surface area contributed by atoms with Gasteiger partial charge >= 0.3 is 0 Å². The normalized spacial score (nSPS) is 22.4. The highest BCUT2D eigenvalue weighted by Crippen LogP contribution is 2.21. The lowest BCUT2D eigenvalue weighted by Crippen LogP contribution is -2.33. The Morgan fingerprint density at radius 2 is 2.21 bits per heavy atom. The fraction of sp³-hybridized carbons (Fsp3) is 0.667. The minimum Gasteiger partial charge on any atom is -0.350 e. The standard InChI is InChI=1S/C15H25NO3/c1-4-5-6-7-8-9-10-14(17)16-11-13-12-18-15(2,3)19-13/h7-10,13H,4-6,11-12H2,1-3H3,(H,16,17). The van der Waals surface area contributed by atoms with Gasteiger partial charge < -0.3 is 14.8 Å². The maximum absolute atomic E-state index is 11.5. The average molecular weight is 267 g/mol. The fourth-order valence-electron chi connectivity index (χ4n) is 1.78. The Kier molecular flexibility index (Phi) is 6.81. The summed E-state index contributed by atoms with van der Waals surface area (Å²) in [7, 11) is 0. The van der Waals surface area contributed by atoms with Crippen molar-refractivity contribution >= 4 is 5.91 Å². The third-order valence-corrected chi connectivity index (χ3v) is 2.79. The van der Waals surface area contributed by atoms with Crippen molar-refractivity contribution in [3.05, 3.63) is 24.3 Å². The Balaban J connectivity index is 2.14. The van der Waals surface area contributed by atoms with E-state index in [9.17, 15) is 4.79 Å². The van der Waals surface area contributed by atoms with Crippen LogP contribution < -0.4 is 5.32 Å². The Morgan fingerprint density at radius 1 is 1.42 bits per heavy atom.